The third-order valence-corrected chi connectivity index (χ3v) is 4.70. The van der Waals surface area contributed by atoms with Crippen LogP contribution < -0.4 is 10.1 Å². The van der Waals surface area contributed by atoms with Gasteiger partial charge in [0.2, 0.25) is 0 Å². The number of hydrogen-bond acceptors (Lipinski definition) is 5. The highest BCUT2D eigenvalue weighted by atomic mass is 16.5. The molecule has 0 radical (unpaired) electrons. The van der Waals surface area contributed by atoms with Crippen molar-refractivity contribution < 1.29 is 9.53 Å². The Morgan fingerprint density at radius 3 is 2.13 bits per heavy atom. The number of para-hydroxylation sites is 2. The Hall–Kier alpha value is -4.00. The second kappa shape index (κ2) is 8.16. The molecule has 30 heavy (non-hydrogen) atoms. The van der Waals surface area contributed by atoms with Crippen LogP contribution in [0.4, 0.5) is 5.69 Å². The van der Waals surface area contributed by atoms with Crippen molar-refractivity contribution in [2.45, 2.75) is 20.8 Å². The molecule has 4 rings (SSSR count). The summed E-state index contributed by atoms with van der Waals surface area (Å²) in [6, 6.07) is 19.2. The lowest BCUT2D eigenvalue weighted by Gasteiger charge is -2.12. The number of aryl methyl sites for hydroxylation is 2. The normalized spacial score (nSPS) is 10.6. The smallest absolute Gasteiger partial charge is 0.322 e. The lowest BCUT2D eigenvalue weighted by molar-refractivity contribution is 0.102. The minimum absolute atomic E-state index is 0.238. The maximum Gasteiger partial charge on any atom is 0.322 e. The molecule has 0 aliphatic heterocycles. The first-order valence-electron chi connectivity index (χ1n) is 9.52. The van der Waals surface area contributed by atoms with Gasteiger partial charge in [-0.3, -0.25) is 4.79 Å². The van der Waals surface area contributed by atoms with E-state index >= 15 is 0 Å². The van der Waals surface area contributed by atoms with Gasteiger partial charge in [0, 0.05) is 0 Å². The molecule has 1 N–H and O–H groups in total. The number of rotatable bonds is 5. The molecule has 0 saturated heterocycles. The standard InChI is InChI=1S/C23H21N5O2/c1-15-21(16(2)26-23(25-15)30-19-12-8-5-9-13-19)27-22(29)20-14-24-28(17(20)3)18-10-6-4-7-11-18/h4-14H,1-3H3,(H,27,29). The van der Waals surface area contributed by atoms with Crippen molar-refractivity contribution in [3.63, 3.8) is 0 Å². The molecule has 0 fully saturated rings. The van der Waals surface area contributed by atoms with Gasteiger partial charge >= 0.3 is 6.01 Å². The van der Waals surface area contributed by atoms with E-state index in [1.807, 2.05) is 81.4 Å². The number of ether oxygens (including phenoxy) is 1. The predicted molar refractivity (Wildman–Crippen MR) is 114 cm³/mol. The Balaban J connectivity index is 1.56. The highest BCUT2D eigenvalue weighted by Crippen LogP contribution is 2.24. The van der Waals surface area contributed by atoms with E-state index in [-0.39, 0.29) is 11.9 Å². The zero-order chi connectivity index (χ0) is 21.1. The molecule has 0 bridgehead atoms. The third kappa shape index (κ3) is 3.91. The van der Waals surface area contributed by atoms with Crippen LogP contribution in [-0.2, 0) is 0 Å². The Labute approximate surface area is 174 Å². The van der Waals surface area contributed by atoms with E-state index in [0.29, 0.717) is 28.4 Å². The molecule has 2 aromatic carbocycles. The van der Waals surface area contributed by atoms with E-state index in [1.165, 1.54) is 0 Å². The van der Waals surface area contributed by atoms with Crippen LogP contribution in [0.25, 0.3) is 5.69 Å². The van der Waals surface area contributed by atoms with Crippen LogP contribution in [0.15, 0.2) is 66.9 Å². The number of aromatic nitrogens is 4. The summed E-state index contributed by atoms with van der Waals surface area (Å²) in [5, 5.41) is 7.28. The van der Waals surface area contributed by atoms with Gasteiger partial charge in [-0.15, -0.1) is 0 Å². The number of benzene rings is 2. The first-order chi connectivity index (χ1) is 14.5. The van der Waals surface area contributed by atoms with Gasteiger partial charge < -0.3 is 10.1 Å². The van der Waals surface area contributed by atoms with E-state index in [4.69, 9.17) is 4.74 Å². The molecule has 4 aromatic rings. The van der Waals surface area contributed by atoms with Crippen molar-refractivity contribution >= 4 is 11.6 Å². The van der Waals surface area contributed by atoms with Gasteiger partial charge in [-0.25, -0.2) is 4.68 Å². The number of hydrogen-bond donors (Lipinski definition) is 1. The molecule has 0 aliphatic carbocycles. The van der Waals surface area contributed by atoms with Crippen molar-refractivity contribution in [1.29, 1.82) is 0 Å². The number of carbonyl (C=O) groups is 1. The minimum Gasteiger partial charge on any atom is -0.424 e. The van der Waals surface area contributed by atoms with Gasteiger partial charge in [0.25, 0.3) is 5.91 Å². The van der Waals surface area contributed by atoms with E-state index in [9.17, 15) is 4.79 Å². The molecule has 0 saturated carbocycles. The van der Waals surface area contributed by atoms with Crippen LogP contribution in [0.1, 0.15) is 27.4 Å². The van der Waals surface area contributed by atoms with Crippen molar-refractivity contribution in [1.82, 2.24) is 19.7 Å². The lowest BCUT2D eigenvalue weighted by atomic mass is 10.2. The van der Waals surface area contributed by atoms with Crippen molar-refractivity contribution in [3.05, 3.63) is 89.5 Å². The Kier molecular flexibility index (Phi) is 5.26. The van der Waals surface area contributed by atoms with Crippen LogP contribution in [0.5, 0.6) is 11.8 Å². The number of anilines is 1. The van der Waals surface area contributed by atoms with Crippen LogP contribution in [0.2, 0.25) is 0 Å². The highest BCUT2D eigenvalue weighted by molar-refractivity contribution is 6.05. The maximum atomic E-state index is 12.9. The summed E-state index contributed by atoms with van der Waals surface area (Å²) in [4.78, 5) is 21.7. The summed E-state index contributed by atoms with van der Waals surface area (Å²) in [6.45, 7) is 5.48. The van der Waals surface area contributed by atoms with Gasteiger partial charge in [0.15, 0.2) is 0 Å². The lowest BCUT2D eigenvalue weighted by Crippen LogP contribution is -2.16. The fourth-order valence-electron chi connectivity index (χ4n) is 3.15. The van der Waals surface area contributed by atoms with Gasteiger partial charge in [0.1, 0.15) is 5.75 Å². The molecule has 0 unspecified atom stereocenters. The van der Waals surface area contributed by atoms with E-state index in [1.54, 1.807) is 10.9 Å². The fraction of sp³-hybridized carbons (Fsp3) is 0.130. The van der Waals surface area contributed by atoms with Crippen molar-refractivity contribution in [3.8, 4) is 17.4 Å². The molecule has 0 atom stereocenters. The molecule has 7 nitrogen and oxygen atoms in total. The number of nitrogens with zero attached hydrogens (tertiary/aromatic N) is 4. The van der Waals surface area contributed by atoms with Gasteiger partial charge in [0.05, 0.1) is 40.2 Å². The molecule has 0 aliphatic rings. The predicted octanol–water partition coefficient (Wildman–Crippen LogP) is 4.63. The summed E-state index contributed by atoms with van der Waals surface area (Å²) in [5.41, 5.74) is 3.94. The highest BCUT2D eigenvalue weighted by Gasteiger charge is 2.18. The fourth-order valence-corrected chi connectivity index (χ4v) is 3.15. The third-order valence-electron chi connectivity index (χ3n) is 4.70. The molecule has 2 aromatic heterocycles. The maximum absolute atomic E-state index is 12.9. The minimum atomic E-state index is -0.263. The molecule has 2 heterocycles. The SMILES string of the molecule is Cc1nc(Oc2ccccc2)nc(C)c1NC(=O)c1cnn(-c2ccccc2)c1C. The molecule has 7 heteroatoms. The quantitative estimate of drug-likeness (QED) is 0.529. The van der Waals surface area contributed by atoms with Crippen LogP contribution >= 0.6 is 0 Å². The second-order valence-electron chi connectivity index (χ2n) is 6.81. The Bertz CT molecular complexity index is 1160. The summed E-state index contributed by atoms with van der Waals surface area (Å²) in [7, 11) is 0. The van der Waals surface area contributed by atoms with Crippen LogP contribution in [0.3, 0.4) is 0 Å². The van der Waals surface area contributed by atoms with Crippen molar-refractivity contribution in [2.75, 3.05) is 5.32 Å². The molecule has 0 spiro atoms. The van der Waals surface area contributed by atoms with Gasteiger partial charge in [-0.05, 0) is 45.0 Å². The zero-order valence-corrected chi connectivity index (χ0v) is 17.0. The van der Waals surface area contributed by atoms with Gasteiger partial charge in [-0.1, -0.05) is 36.4 Å². The topological polar surface area (TPSA) is 81.9 Å². The number of amides is 1. The summed E-state index contributed by atoms with van der Waals surface area (Å²) in [5.74, 6) is 0.387. The monoisotopic (exact) mass is 399 g/mol. The van der Waals surface area contributed by atoms with Crippen LogP contribution in [0, 0.1) is 20.8 Å². The summed E-state index contributed by atoms with van der Waals surface area (Å²) >= 11 is 0. The van der Waals surface area contributed by atoms with Crippen LogP contribution in [-0.4, -0.2) is 25.7 Å². The summed E-state index contributed by atoms with van der Waals surface area (Å²) < 4.78 is 7.45. The average molecular weight is 399 g/mol. The number of carbonyl (C=O) groups excluding carboxylic acids is 1. The number of nitrogens with one attached hydrogen (secondary N) is 1. The van der Waals surface area contributed by atoms with E-state index in [0.717, 1.165) is 11.4 Å². The second-order valence-corrected chi connectivity index (χ2v) is 6.81. The molecular weight excluding hydrogens is 378 g/mol. The Morgan fingerprint density at radius 1 is 0.900 bits per heavy atom. The Morgan fingerprint density at radius 2 is 1.50 bits per heavy atom. The summed E-state index contributed by atoms with van der Waals surface area (Å²) in [6.07, 6.45) is 1.57. The van der Waals surface area contributed by atoms with Gasteiger partial charge in [-0.2, -0.15) is 15.1 Å². The van der Waals surface area contributed by atoms with E-state index < -0.39 is 0 Å². The zero-order valence-electron chi connectivity index (χ0n) is 17.0. The van der Waals surface area contributed by atoms with E-state index in [2.05, 4.69) is 20.4 Å². The molecule has 150 valence electrons. The first kappa shape index (κ1) is 19.3. The molecule has 1 amide bonds. The van der Waals surface area contributed by atoms with Crippen molar-refractivity contribution in [2.24, 2.45) is 0 Å². The largest absolute Gasteiger partial charge is 0.424 e. The average Bonchev–Trinajstić information content (AvgIpc) is 3.13. The first-order valence-corrected chi connectivity index (χ1v) is 9.52. The molecular formula is C23H21N5O2.